The molecular weight excluding hydrogens is 321 g/mol. The van der Waals surface area contributed by atoms with Crippen LogP contribution in [0, 0.1) is 5.82 Å². The van der Waals surface area contributed by atoms with Crippen molar-refractivity contribution in [2.75, 3.05) is 0 Å². The molecule has 0 fully saturated rings. The van der Waals surface area contributed by atoms with Crippen LogP contribution in [0.15, 0.2) is 40.9 Å². The number of hydrogen-bond acceptors (Lipinski definition) is 2. The number of halogens is 2. The first-order valence-corrected chi connectivity index (χ1v) is 7.00. The second-order valence-electron chi connectivity index (χ2n) is 4.65. The Morgan fingerprint density at radius 1 is 1.25 bits per heavy atom. The van der Waals surface area contributed by atoms with Crippen LogP contribution in [0.4, 0.5) is 4.39 Å². The number of rotatable bonds is 2. The van der Waals surface area contributed by atoms with Gasteiger partial charge in [0.05, 0.1) is 11.0 Å². The van der Waals surface area contributed by atoms with Crippen LogP contribution < -0.4 is 5.73 Å². The quantitative estimate of drug-likeness (QED) is 0.778. The molecule has 0 spiro atoms. The zero-order valence-electron chi connectivity index (χ0n) is 10.9. The van der Waals surface area contributed by atoms with Crippen molar-refractivity contribution in [1.29, 1.82) is 0 Å². The SMILES string of the molecule is Cn1c(-c2cc(F)ccc2Br)nc2cc(CN)ccc21. The third-order valence-corrected chi connectivity index (χ3v) is 4.04. The minimum Gasteiger partial charge on any atom is -0.327 e. The molecule has 20 heavy (non-hydrogen) atoms. The van der Waals surface area contributed by atoms with Gasteiger partial charge in [0.2, 0.25) is 0 Å². The minimum atomic E-state index is -0.280. The van der Waals surface area contributed by atoms with Crippen molar-refractivity contribution < 1.29 is 4.39 Å². The Hall–Kier alpha value is -1.72. The maximum Gasteiger partial charge on any atom is 0.142 e. The Morgan fingerprint density at radius 3 is 2.80 bits per heavy atom. The number of imidazole rings is 1. The van der Waals surface area contributed by atoms with E-state index in [0.29, 0.717) is 6.54 Å². The fourth-order valence-electron chi connectivity index (χ4n) is 2.28. The zero-order chi connectivity index (χ0) is 14.3. The van der Waals surface area contributed by atoms with Gasteiger partial charge in [0.1, 0.15) is 11.6 Å². The van der Waals surface area contributed by atoms with Gasteiger partial charge in [0.25, 0.3) is 0 Å². The molecule has 0 saturated carbocycles. The predicted octanol–water partition coefficient (Wildman–Crippen LogP) is 3.60. The van der Waals surface area contributed by atoms with Gasteiger partial charge in [-0.05, 0) is 35.9 Å². The molecule has 0 unspecified atom stereocenters. The first-order chi connectivity index (χ1) is 9.60. The van der Waals surface area contributed by atoms with Crippen molar-refractivity contribution in [2.24, 2.45) is 12.8 Å². The molecule has 102 valence electrons. The Labute approximate surface area is 124 Å². The number of fused-ring (bicyclic) bond motifs is 1. The standard InChI is InChI=1S/C15H13BrFN3/c1-20-14-5-2-9(8-18)6-13(14)19-15(20)11-7-10(17)3-4-12(11)16/h2-7H,8,18H2,1H3. The number of nitrogens with zero attached hydrogens (tertiary/aromatic N) is 2. The molecular formula is C15H13BrFN3. The lowest BCUT2D eigenvalue weighted by Gasteiger charge is -2.05. The van der Waals surface area contributed by atoms with E-state index in [1.165, 1.54) is 12.1 Å². The van der Waals surface area contributed by atoms with Crippen molar-refractivity contribution in [2.45, 2.75) is 6.54 Å². The van der Waals surface area contributed by atoms with Gasteiger partial charge in [-0.25, -0.2) is 9.37 Å². The number of aryl methyl sites for hydroxylation is 1. The molecule has 0 bridgehead atoms. The van der Waals surface area contributed by atoms with E-state index in [2.05, 4.69) is 20.9 Å². The van der Waals surface area contributed by atoms with Crippen molar-refractivity contribution in [3.05, 3.63) is 52.3 Å². The van der Waals surface area contributed by atoms with E-state index in [0.717, 1.165) is 32.5 Å². The van der Waals surface area contributed by atoms with Crippen LogP contribution in [0.5, 0.6) is 0 Å². The topological polar surface area (TPSA) is 43.8 Å². The van der Waals surface area contributed by atoms with E-state index in [1.807, 2.05) is 29.8 Å². The Balaban J connectivity index is 2.26. The zero-order valence-corrected chi connectivity index (χ0v) is 12.5. The largest absolute Gasteiger partial charge is 0.327 e. The number of aromatic nitrogens is 2. The molecule has 1 aromatic heterocycles. The molecule has 5 heteroatoms. The Morgan fingerprint density at radius 2 is 2.05 bits per heavy atom. The van der Waals surface area contributed by atoms with Crippen LogP contribution in [-0.2, 0) is 13.6 Å². The lowest BCUT2D eigenvalue weighted by molar-refractivity contribution is 0.628. The molecule has 0 saturated heterocycles. The molecule has 0 amide bonds. The van der Waals surface area contributed by atoms with Crippen LogP contribution in [0.25, 0.3) is 22.4 Å². The Bertz CT molecular complexity index is 795. The van der Waals surface area contributed by atoms with Gasteiger partial charge in [-0.15, -0.1) is 0 Å². The molecule has 0 aliphatic carbocycles. The summed E-state index contributed by atoms with van der Waals surface area (Å²) in [4.78, 5) is 4.60. The third-order valence-electron chi connectivity index (χ3n) is 3.35. The van der Waals surface area contributed by atoms with Gasteiger partial charge < -0.3 is 10.3 Å². The van der Waals surface area contributed by atoms with Crippen molar-refractivity contribution in [3.8, 4) is 11.4 Å². The summed E-state index contributed by atoms with van der Waals surface area (Å²) in [5, 5.41) is 0. The molecule has 0 aliphatic rings. The van der Waals surface area contributed by atoms with E-state index in [9.17, 15) is 4.39 Å². The highest BCUT2D eigenvalue weighted by Crippen LogP contribution is 2.30. The normalized spacial score (nSPS) is 11.2. The Kier molecular flexibility index (Phi) is 3.31. The van der Waals surface area contributed by atoms with Gasteiger partial charge in [-0.2, -0.15) is 0 Å². The highest BCUT2D eigenvalue weighted by Gasteiger charge is 2.13. The predicted molar refractivity (Wildman–Crippen MR) is 81.7 cm³/mol. The van der Waals surface area contributed by atoms with Crippen molar-refractivity contribution in [3.63, 3.8) is 0 Å². The fourth-order valence-corrected chi connectivity index (χ4v) is 2.71. The maximum absolute atomic E-state index is 13.5. The monoisotopic (exact) mass is 333 g/mol. The maximum atomic E-state index is 13.5. The van der Waals surface area contributed by atoms with Crippen LogP contribution in [0.1, 0.15) is 5.56 Å². The summed E-state index contributed by atoms with van der Waals surface area (Å²) in [6, 6.07) is 10.5. The van der Waals surface area contributed by atoms with E-state index < -0.39 is 0 Å². The average molecular weight is 334 g/mol. The van der Waals surface area contributed by atoms with Crippen molar-refractivity contribution >= 4 is 27.0 Å². The summed E-state index contributed by atoms with van der Waals surface area (Å²) in [6.07, 6.45) is 0. The number of hydrogen-bond donors (Lipinski definition) is 1. The summed E-state index contributed by atoms with van der Waals surface area (Å²) in [7, 11) is 1.92. The molecule has 0 atom stereocenters. The van der Waals surface area contributed by atoms with Gasteiger partial charge in [-0.3, -0.25) is 0 Å². The fraction of sp³-hybridized carbons (Fsp3) is 0.133. The lowest BCUT2D eigenvalue weighted by Crippen LogP contribution is -1.96. The second kappa shape index (κ2) is 5.00. The van der Waals surface area contributed by atoms with Crippen LogP contribution in [0.2, 0.25) is 0 Å². The summed E-state index contributed by atoms with van der Waals surface area (Å²) in [6.45, 7) is 0.478. The minimum absolute atomic E-state index is 0.280. The summed E-state index contributed by atoms with van der Waals surface area (Å²) < 4.78 is 16.2. The number of benzene rings is 2. The molecule has 2 N–H and O–H groups in total. The van der Waals surface area contributed by atoms with E-state index >= 15 is 0 Å². The second-order valence-corrected chi connectivity index (χ2v) is 5.50. The van der Waals surface area contributed by atoms with Gasteiger partial charge in [0, 0.05) is 23.6 Å². The lowest BCUT2D eigenvalue weighted by atomic mass is 10.2. The molecule has 0 radical (unpaired) electrons. The summed E-state index contributed by atoms with van der Waals surface area (Å²) >= 11 is 3.45. The van der Waals surface area contributed by atoms with Crippen LogP contribution in [-0.4, -0.2) is 9.55 Å². The highest BCUT2D eigenvalue weighted by atomic mass is 79.9. The first-order valence-electron chi connectivity index (χ1n) is 6.21. The van der Waals surface area contributed by atoms with E-state index in [-0.39, 0.29) is 5.82 Å². The summed E-state index contributed by atoms with van der Waals surface area (Å²) in [5.74, 6) is 0.443. The smallest absolute Gasteiger partial charge is 0.142 e. The first kappa shape index (κ1) is 13.3. The molecule has 3 rings (SSSR count). The molecule has 2 aromatic carbocycles. The number of nitrogens with two attached hydrogens (primary N) is 1. The van der Waals surface area contributed by atoms with Gasteiger partial charge >= 0.3 is 0 Å². The molecule has 1 heterocycles. The summed E-state index contributed by atoms with van der Waals surface area (Å²) in [5.41, 5.74) is 9.27. The van der Waals surface area contributed by atoms with E-state index in [1.54, 1.807) is 6.07 Å². The third kappa shape index (κ3) is 2.13. The average Bonchev–Trinajstić information content (AvgIpc) is 2.78. The van der Waals surface area contributed by atoms with Crippen LogP contribution >= 0.6 is 15.9 Å². The van der Waals surface area contributed by atoms with Gasteiger partial charge in [0.15, 0.2) is 0 Å². The van der Waals surface area contributed by atoms with E-state index in [4.69, 9.17) is 5.73 Å². The molecule has 3 nitrogen and oxygen atoms in total. The van der Waals surface area contributed by atoms with Crippen LogP contribution in [0.3, 0.4) is 0 Å². The van der Waals surface area contributed by atoms with Crippen molar-refractivity contribution in [1.82, 2.24) is 9.55 Å². The highest BCUT2D eigenvalue weighted by molar-refractivity contribution is 9.10. The molecule has 0 aliphatic heterocycles. The van der Waals surface area contributed by atoms with Gasteiger partial charge in [-0.1, -0.05) is 22.0 Å². The molecule has 3 aromatic rings.